The zero-order chi connectivity index (χ0) is 22.0. The van der Waals surface area contributed by atoms with Crippen LogP contribution in [0.3, 0.4) is 0 Å². The average molecular weight is 473 g/mol. The summed E-state index contributed by atoms with van der Waals surface area (Å²) in [6, 6.07) is 15.7. The van der Waals surface area contributed by atoms with Crippen LogP contribution in [0.4, 0.5) is 5.69 Å². The molecular formula is C21H17ClN4O3S2. The minimum Gasteiger partial charge on any atom is -0.337 e. The van der Waals surface area contributed by atoms with Crippen LogP contribution in [0.2, 0.25) is 5.02 Å². The van der Waals surface area contributed by atoms with E-state index in [9.17, 15) is 13.2 Å². The maximum atomic E-state index is 13.1. The van der Waals surface area contributed by atoms with Crippen molar-refractivity contribution in [2.45, 2.75) is 11.6 Å². The second-order valence-corrected chi connectivity index (χ2v) is 9.66. The standard InChI is InChI=1S/C21H17ClN4O3S2/c1-26(13-14-5-3-2-4-6-14)21(27)16-8-7-15(22)11-18(16)25-31(28,29)20-17-12-24-30-19(17)9-10-23-20/h2-12,25H,13H2,1H3. The predicted molar refractivity (Wildman–Crippen MR) is 122 cm³/mol. The van der Waals surface area contributed by atoms with Gasteiger partial charge in [0.1, 0.15) is 0 Å². The number of halogens is 1. The van der Waals surface area contributed by atoms with Gasteiger partial charge in [0.15, 0.2) is 5.03 Å². The van der Waals surface area contributed by atoms with E-state index in [0.717, 1.165) is 5.56 Å². The second kappa shape index (κ2) is 8.62. The van der Waals surface area contributed by atoms with Crippen LogP contribution in [0.1, 0.15) is 15.9 Å². The Bertz CT molecular complexity index is 1360. The van der Waals surface area contributed by atoms with E-state index >= 15 is 0 Å². The summed E-state index contributed by atoms with van der Waals surface area (Å²) in [5.41, 5.74) is 1.22. The minimum absolute atomic E-state index is 0.0828. The number of carbonyl (C=O) groups excluding carboxylic acids is 1. The molecular weight excluding hydrogens is 456 g/mol. The first-order valence-electron chi connectivity index (χ1n) is 9.16. The highest BCUT2D eigenvalue weighted by Crippen LogP contribution is 2.28. The molecule has 0 aliphatic carbocycles. The van der Waals surface area contributed by atoms with Crippen LogP contribution in [0.5, 0.6) is 0 Å². The molecule has 2 aromatic carbocycles. The van der Waals surface area contributed by atoms with Gasteiger partial charge in [-0.3, -0.25) is 9.52 Å². The van der Waals surface area contributed by atoms with Gasteiger partial charge in [0.25, 0.3) is 15.9 Å². The fourth-order valence-electron chi connectivity index (χ4n) is 3.10. The fraction of sp³-hybridized carbons (Fsp3) is 0.0952. The summed E-state index contributed by atoms with van der Waals surface area (Å²) in [5.74, 6) is -0.346. The Morgan fingerprint density at radius 3 is 2.71 bits per heavy atom. The summed E-state index contributed by atoms with van der Waals surface area (Å²) in [5, 5.41) is 0.550. The molecule has 7 nitrogen and oxygen atoms in total. The molecule has 2 heterocycles. The van der Waals surface area contributed by atoms with Crippen LogP contribution in [0.25, 0.3) is 10.1 Å². The summed E-state index contributed by atoms with van der Waals surface area (Å²) in [4.78, 5) is 18.6. The third-order valence-electron chi connectivity index (χ3n) is 4.57. The number of nitrogens with one attached hydrogen (secondary N) is 1. The van der Waals surface area contributed by atoms with Gasteiger partial charge >= 0.3 is 0 Å². The molecule has 0 aliphatic heterocycles. The second-order valence-electron chi connectivity index (χ2n) is 6.80. The van der Waals surface area contributed by atoms with Crippen molar-refractivity contribution in [3.63, 3.8) is 0 Å². The smallest absolute Gasteiger partial charge is 0.280 e. The number of rotatable bonds is 6. The van der Waals surface area contributed by atoms with Gasteiger partial charge < -0.3 is 4.90 Å². The molecule has 31 heavy (non-hydrogen) atoms. The first-order valence-corrected chi connectivity index (χ1v) is 11.8. The van der Waals surface area contributed by atoms with E-state index < -0.39 is 10.0 Å². The van der Waals surface area contributed by atoms with Crippen molar-refractivity contribution in [1.82, 2.24) is 14.3 Å². The van der Waals surface area contributed by atoms with Crippen LogP contribution in [-0.4, -0.2) is 35.6 Å². The molecule has 158 valence electrons. The number of hydrogen-bond donors (Lipinski definition) is 1. The van der Waals surface area contributed by atoms with E-state index in [1.807, 2.05) is 30.3 Å². The lowest BCUT2D eigenvalue weighted by Crippen LogP contribution is -2.27. The van der Waals surface area contributed by atoms with Crippen molar-refractivity contribution < 1.29 is 13.2 Å². The van der Waals surface area contributed by atoms with Gasteiger partial charge in [-0.25, -0.2) is 4.98 Å². The zero-order valence-corrected chi connectivity index (χ0v) is 18.7. The third-order valence-corrected chi connectivity index (χ3v) is 6.89. The van der Waals surface area contributed by atoms with Crippen molar-refractivity contribution in [2.24, 2.45) is 0 Å². The predicted octanol–water partition coefficient (Wildman–Crippen LogP) is 4.42. The zero-order valence-electron chi connectivity index (χ0n) is 16.3. The van der Waals surface area contributed by atoms with E-state index in [0.29, 0.717) is 21.7 Å². The first-order chi connectivity index (χ1) is 14.8. The Balaban J connectivity index is 1.67. The van der Waals surface area contributed by atoms with E-state index in [4.69, 9.17) is 11.6 Å². The van der Waals surface area contributed by atoms with Gasteiger partial charge in [-0.15, -0.1) is 0 Å². The van der Waals surface area contributed by atoms with Crippen molar-refractivity contribution >= 4 is 54.8 Å². The number of aromatic nitrogens is 2. The molecule has 0 radical (unpaired) electrons. The van der Waals surface area contributed by atoms with Gasteiger partial charge in [-0.2, -0.15) is 12.8 Å². The Hall–Kier alpha value is -3.01. The van der Waals surface area contributed by atoms with Gasteiger partial charge in [0.05, 0.1) is 27.5 Å². The molecule has 0 spiro atoms. The first kappa shape index (κ1) is 21.2. The Kier molecular flexibility index (Phi) is 5.90. The number of anilines is 1. The number of carbonyl (C=O) groups is 1. The number of amides is 1. The van der Waals surface area contributed by atoms with Gasteiger partial charge in [-0.1, -0.05) is 41.9 Å². The van der Waals surface area contributed by atoms with E-state index in [2.05, 4.69) is 14.1 Å². The lowest BCUT2D eigenvalue weighted by molar-refractivity contribution is 0.0786. The Morgan fingerprint density at radius 2 is 1.94 bits per heavy atom. The number of sulfonamides is 1. The average Bonchev–Trinajstić information content (AvgIpc) is 3.22. The van der Waals surface area contributed by atoms with E-state index in [1.165, 1.54) is 41.0 Å². The lowest BCUT2D eigenvalue weighted by atomic mass is 10.1. The molecule has 0 saturated carbocycles. The molecule has 0 saturated heterocycles. The molecule has 1 amide bonds. The normalized spacial score (nSPS) is 11.4. The van der Waals surface area contributed by atoms with E-state index in [-0.39, 0.29) is 22.2 Å². The SMILES string of the molecule is CN(Cc1ccccc1)C(=O)c1ccc(Cl)cc1NS(=O)(=O)c1nccc2sncc12. The highest BCUT2D eigenvalue weighted by atomic mass is 35.5. The number of hydrogen-bond acceptors (Lipinski definition) is 6. The molecule has 4 aromatic rings. The molecule has 0 bridgehead atoms. The minimum atomic E-state index is -4.09. The van der Waals surface area contributed by atoms with Crippen LogP contribution >= 0.6 is 23.1 Å². The van der Waals surface area contributed by atoms with Gasteiger partial charge in [0, 0.05) is 24.8 Å². The lowest BCUT2D eigenvalue weighted by Gasteiger charge is -2.20. The number of nitrogens with zero attached hydrogens (tertiary/aromatic N) is 3. The van der Waals surface area contributed by atoms with Crippen molar-refractivity contribution in [2.75, 3.05) is 11.8 Å². The summed E-state index contributed by atoms with van der Waals surface area (Å²) in [6.45, 7) is 0.371. The number of pyridine rings is 1. The molecule has 1 N–H and O–H groups in total. The largest absolute Gasteiger partial charge is 0.337 e. The Labute approximate surface area is 188 Å². The molecule has 0 aliphatic rings. The van der Waals surface area contributed by atoms with Crippen LogP contribution in [0.15, 0.2) is 72.0 Å². The van der Waals surface area contributed by atoms with Crippen molar-refractivity contribution in [3.8, 4) is 0 Å². The molecule has 2 aromatic heterocycles. The quantitative estimate of drug-likeness (QED) is 0.448. The van der Waals surface area contributed by atoms with Crippen molar-refractivity contribution in [1.29, 1.82) is 0 Å². The van der Waals surface area contributed by atoms with Crippen LogP contribution in [0, 0.1) is 0 Å². The fourth-order valence-corrected chi connectivity index (χ4v) is 5.19. The molecule has 0 fully saturated rings. The van der Waals surface area contributed by atoms with Crippen LogP contribution in [-0.2, 0) is 16.6 Å². The monoisotopic (exact) mass is 472 g/mol. The summed E-state index contributed by atoms with van der Waals surface area (Å²) < 4.78 is 33.4. The molecule has 0 atom stereocenters. The molecule has 0 unspecified atom stereocenters. The summed E-state index contributed by atoms with van der Waals surface area (Å²) >= 11 is 7.27. The topological polar surface area (TPSA) is 92.3 Å². The maximum absolute atomic E-state index is 13.1. The molecule has 4 rings (SSSR count). The highest BCUT2D eigenvalue weighted by molar-refractivity contribution is 7.92. The van der Waals surface area contributed by atoms with Gasteiger partial charge in [-0.05, 0) is 41.4 Å². The van der Waals surface area contributed by atoms with Gasteiger partial charge in [0.2, 0.25) is 0 Å². The van der Waals surface area contributed by atoms with Crippen molar-refractivity contribution in [3.05, 3.63) is 83.1 Å². The third kappa shape index (κ3) is 4.53. The maximum Gasteiger partial charge on any atom is 0.280 e. The highest BCUT2D eigenvalue weighted by Gasteiger charge is 2.24. The number of fused-ring (bicyclic) bond motifs is 1. The van der Waals surface area contributed by atoms with E-state index in [1.54, 1.807) is 19.2 Å². The summed E-state index contributed by atoms with van der Waals surface area (Å²) in [7, 11) is -2.44. The van der Waals surface area contributed by atoms with Crippen LogP contribution < -0.4 is 4.72 Å². The Morgan fingerprint density at radius 1 is 1.16 bits per heavy atom. The molecule has 10 heteroatoms. The summed E-state index contributed by atoms with van der Waals surface area (Å²) in [6.07, 6.45) is 2.87. The number of benzene rings is 2.